The summed E-state index contributed by atoms with van der Waals surface area (Å²) in [4.78, 5) is 39.3. The van der Waals surface area contributed by atoms with Crippen LogP contribution in [0.25, 0.3) is 0 Å². The van der Waals surface area contributed by atoms with Crippen LogP contribution in [0.3, 0.4) is 0 Å². The van der Waals surface area contributed by atoms with Crippen LogP contribution in [0, 0.1) is 5.82 Å². The van der Waals surface area contributed by atoms with E-state index in [4.69, 9.17) is 0 Å². The highest BCUT2D eigenvalue weighted by atomic mass is 19.1. The summed E-state index contributed by atoms with van der Waals surface area (Å²) in [7, 11) is 0. The summed E-state index contributed by atoms with van der Waals surface area (Å²) in [5.41, 5.74) is -0.268. The van der Waals surface area contributed by atoms with Gasteiger partial charge in [-0.25, -0.2) is 4.39 Å². The van der Waals surface area contributed by atoms with Gasteiger partial charge >= 0.3 is 0 Å². The van der Waals surface area contributed by atoms with Crippen molar-refractivity contribution in [1.29, 1.82) is 0 Å². The van der Waals surface area contributed by atoms with Crippen molar-refractivity contribution in [2.24, 2.45) is 0 Å². The van der Waals surface area contributed by atoms with Crippen LogP contribution in [-0.2, 0) is 4.79 Å². The largest absolute Gasteiger partial charge is 0.348 e. The molecule has 2 N–H and O–H groups in total. The Hall–Kier alpha value is -2.80. The number of pyridine rings is 1. The zero-order valence-electron chi connectivity index (χ0n) is 15.0. The van der Waals surface area contributed by atoms with E-state index in [1.807, 2.05) is 0 Å². The Morgan fingerprint density at radius 1 is 1.11 bits per heavy atom. The highest BCUT2D eigenvalue weighted by molar-refractivity contribution is 6.11. The maximum absolute atomic E-state index is 13.2. The lowest BCUT2D eigenvalue weighted by molar-refractivity contribution is -0.886. The number of Topliss-reactive ketones (excluding diaryl/α,β-unsaturated/α-hetero) is 1. The quantitative estimate of drug-likeness (QED) is 0.539. The third-order valence-electron chi connectivity index (χ3n) is 4.84. The molecule has 1 aliphatic rings. The van der Waals surface area contributed by atoms with Crippen molar-refractivity contribution in [3.63, 3.8) is 0 Å². The molecule has 3 rings (SSSR count). The second kappa shape index (κ2) is 8.73. The number of quaternary nitrogens is 1. The highest BCUT2D eigenvalue weighted by Crippen LogP contribution is 2.14. The van der Waals surface area contributed by atoms with E-state index in [0.29, 0.717) is 6.54 Å². The molecule has 1 aromatic carbocycles. The molecule has 1 fully saturated rings. The Morgan fingerprint density at radius 2 is 1.81 bits per heavy atom. The summed E-state index contributed by atoms with van der Waals surface area (Å²) >= 11 is 0. The zero-order chi connectivity index (χ0) is 19.2. The topological polar surface area (TPSA) is 72.6 Å². The van der Waals surface area contributed by atoms with Crippen LogP contribution in [0.15, 0.2) is 53.5 Å². The van der Waals surface area contributed by atoms with Crippen LogP contribution in [0.2, 0.25) is 0 Å². The first-order valence-corrected chi connectivity index (χ1v) is 9.14. The smallest absolute Gasteiger partial charge is 0.251 e. The van der Waals surface area contributed by atoms with Crippen LogP contribution in [-0.4, -0.2) is 42.4 Å². The molecule has 7 heteroatoms. The lowest BCUT2D eigenvalue weighted by Crippen LogP contribution is -3.10. The number of hydrogen-bond donors (Lipinski definition) is 2. The molecule has 0 radical (unpaired) electrons. The number of likely N-dealkylation sites (tertiary alicyclic amines) is 1. The van der Waals surface area contributed by atoms with Gasteiger partial charge in [0.1, 0.15) is 5.82 Å². The van der Waals surface area contributed by atoms with Gasteiger partial charge in [0.25, 0.3) is 11.5 Å². The molecule has 0 spiro atoms. The Bertz CT molecular complexity index is 857. The monoisotopic (exact) mass is 372 g/mol. The highest BCUT2D eigenvalue weighted by Gasteiger charge is 2.30. The molecule has 0 saturated carbocycles. The number of nitrogens with one attached hydrogen (secondary N) is 2. The van der Waals surface area contributed by atoms with Crippen LogP contribution in [0.5, 0.6) is 0 Å². The van der Waals surface area contributed by atoms with E-state index in [2.05, 4.69) is 5.32 Å². The zero-order valence-corrected chi connectivity index (χ0v) is 15.0. The van der Waals surface area contributed by atoms with Gasteiger partial charge in [-0.1, -0.05) is 6.07 Å². The van der Waals surface area contributed by atoms with E-state index in [1.54, 1.807) is 12.1 Å². The van der Waals surface area contributed by atoms with Gasteiger partial charge in [-0.2, -0.15) is 0 Å². The summed E-state index contributed by atoms with van der Waals surface area (Å²) in [5.74, 6) is -1.55. The summed E-state index contributed by atoms with van der Waals surface area (Å²) in [5, 5.41) is 2.78. The van der Waals surface area contributed by atoms with Gasteiger partial charge in [0, 0.05) is 30.7 Å². The predicted octanol–water partition coefficient (Wildman–Crippen LogP) is 0.206. The molecule has 1 atom stereocenters. The molecule has 0 aliphatic carbocycles. The number of hydrogen-bond acceptors (Lipinski definition) is 3. The summed E-state index contributed by atoms with van der Waals surface area (Å²) in [6.07, 6.45) is 3.79. The molecule has 1 amide bonds. The fourth-order valence-corrected chi connectivity index (χ4v) is 3.38. The molecule has 1 aromatic heterocycles. The van der Waals surface area contributed by atoms with E-state index in [0.717, 1.165) is 36.3 Å². The minimum absolute atomic E-state index is 0.178. The van der Waals surface area contributed by atoms with E-state index in [9.17, 15) is 18.8 Å². The van der Waals surface area contributed by atoms with Crippen molar-refractivity contribution in [2.75, 3.05) is 26.2 Å². The number of carbonyl (C=O) groups excluding carboxylic acids is 2. The minimum atomic E-state index is -1.32. The fraction of sp³-hybridized carbons (Fsp3) is 0.350. The third-order valence-corrected chi connectivity index (χ3v) is 4.84. The van der Waals surface area contributed by atoms with Gasteiger partial charge in [-0.05, 0) is 30.3 Å². The molecule has 0 unspecified atom stereocenters. The van der Waals surface area contributed by atoms with Gasteiger partial charge in [0.05, 0.1) is 26.2 Å². The second-order valence-corrected chi connectivity index (χ2v) is 6.72. The van der Waals surface area contributed by atoms with Gasteiger partial charge < -0.3 is 10.2 Å². The van der Waals surface area contributed by atoms with E-state index in [-0.39, 0.29) is 5.56 Å². The summed E-state index contributed by atoms with van der Waals surface area (Å²) in [6.45, 7) is 3.40. The molecule has 2 aromatic rings. The lowest BCUT2D eigenvalue weighted by Gasteiger charge is -2.19. The number of benzene rings is 1. The first-order valence-electron chi connectivity index (χ1n) is 9.14. The van der Waals surface area contributed by atoms with Crippen LogP contribution in [0.4, 0.5) is 4.39 Å². The third kappa shape index (κ3) is 4.68. The first kappa shape index (κ1) is 19.0. The van der Waals surface area contributed by atoms with Crippen LogP contribution in [0.1, 0.15) is 29.2 Å². The Morgan fingerprint density at radius 3 is 2.48 bits per heavy atom. The number of halogens is 1. The molecule has 1 saturated heterocycles. The molecule has 2 heterocycles. The van der Waals surface area contributed by atoms with Gasteiger partial charge in [0.2, 0.25) is 0 Å². The predicted molar refractivity (Wildman–Crippen MR) is 98.3 cm³/mol. The summed E-state index contributed by atoms with van der Waals surface area (Å²) in [6, 6.07) is 8.07. The fourth-order valence-electron chi connectivity index (χ4n) is 3.38. The number of rotatable bonds is 7. The van der Waals surface area contributed by atoms with E-state index < -0.39 is 29.1 Å². The standard InChI is InChI=1S/C20H22FN3O3/c21-16-8-6-15(7-9-16)19(26)18(24-13-2-1-5-17(24)25)20(27)22-10-14-23-11-3-4-12-23/h1-2,5-9,13,18H,3-4,10-12,14H2,(H,22,27)/p+1/t18-/m1/s1. The summed E-state index contributed by atoms with van der Waals surface area (Å²) < 4.78 is 14.3. The second-order valence-electron chi connectivity index (χ2n) is 6.72. The maximum atomic E-state index is 13.2. The minimum Gasteiger partial charge on any atom is -0.348 e. The molecule has 142 valence electrons. The van der Waals surface area contributed by atoms with E-state index in [1.165, 1.54) is 42.1 Å². The number of ketones is 1. The number of amides is 1. The Kier molecular flexibility index (Phi) is 6.13. The maximum Gasteiger partial charge on any atom is 0.251 e. The van der Waals surface area contributed by atoms with Crippen molar-refractivity contribution >= 4 is 11.7 Å². The van der Waals surface area contributed by atoms with Gasteiger partial charge in [0.15, 0.2) is 11.8 Å². The van der Waals surface area contributed by atoms with Crippen LogP contribution >= 0.6 is 0 Å². The molecule has 6 nitrogen and oxygen atoms in total. The number of carbonyl (C=O) groups is 2. The first-order chi connectivity index (χ1) is 13.1. The average molecular weight is 372 g/mol. The SMILES string of the molecule is O=C(NCC[NH+]1CCCC1)[C@@H](C(=O)c1ccc(F)cc1)n1ccccc1=O. The lowest BCUT2D eigenvalue weighted by atomic mass is 10.0. The van der Waals surface area contributed by atoms with Crippen molar-refractivity contribution < 1.29 is 18.9 Å². The Labute approximate surface area is 156 Å². The van der Waals surface area contributed by atoms with Crippen molar-refractivity contribution in [3.05, 3.63) is 70.4 Å². The number of nitrogens with zero attached hydrogens (tertiary/aromatic N) is 1. The van der Waals surface area contributed by atoms with Crippen molar-refractivity contribution in [2.45, 2.75) is 18.9 Å². The molecule has 1 aliphatic heterocycles. The Balaban J connectivity index is 1.79. The van der Waals surface area contributed by atoms with Crippen molar-refractivity contribution in [1.82, 2.24) is 9.88 Å². The molecule has 27 heavy (non-hydrogen) atoms. The average Bonchev–Trinajstić information content (AvgIpc) is 3.17. The van der Waals surface area contributed by atoms with Crippen molar-refractivity contribution in [3.8, 4) is 0 Å². The molecular formula is C20H23FN3O3+. The van der Waals surface area contributed by atoms with E-state index >= 15 is 0 Å². The molecular weight excluding hydrogens is 349 g/mol. The van der Waals surface area contributed by atoms with Crippen LogP contribution < -0.4 is 15.8 Å². The normalized spacial score (nSPS) is 15.4. The van der Waals surface area contributed by atoms with Gasteiger partial charge in [-0.3, -0.25) is 19.0 Å². The molecule has 0 bridgehead atoms. The number of aromatic nitrogens is 1. The van der Waals surface area contributed by atoms with Gasteiger partial charge in [-0.15, -0.1) is 0 Å².